The summed E-state index contributed by atoms with van der Waals surface area (Å²) in [5, 5.41) is 3.46. The maximum atomic E-state index is 5.06. The molecule has 0 bridgehead atoms. The minimum Gasteiger partial charge on any atom is -0.385 e. The molecule has 1 N–H and O–H groups in total. The van der Waals surface area contributed by atoms with E-state index in [2.05, 4.69) is 23.3 Å². The lowest BCUT2D eigenvalue weighted by Crippen LogP contribution is -2.21. The minimum atomic E-state index is 0.402. The molecular weight excluding hydrogens is 188 g/mol. The minimum absolute atomic E-state index is 0.402. The van der Waals surface area contributed by atoms with Crippen molar-refractivity contribution in [1.82, 2.24) is 10.3 Å². The van der Waals surface area contributed by atoms with E-state index < -0.39 is 0 Å². The van der Waals surface area contributed by atoms with Crippen molar-refractivity contribution in [3.63, 3.8) is 0 Å². The molecule has 1 aromatic heterocycles. The fourth-order valence-electron chi connectivity index (χ4n) is 1.65. The van der Waals surface area contributed by atoms with Gasteiger partial charge in [-0.1, -0.05) is 13.0 Å². The van der Waals surface area contributed by atoms with Gasteiger partial charge in [0.15, 0.2) is 0 Å². The number of nitrogens with zero attached hydrogens (tertiary/aromatic N) is 1. The fraction of sp³-hybridized carbons (Fsp3) is 0.583. The Morgan fingerprint density at radius 2 is 2.40 bits per heavy atom. The summed E-state index contributed by atoms with van der Waals surface area (Å²) in [4.78, 5) is 4.14. The highest BCUT2D eigenvalue weighted by Crippen LogP contribution is 2.16. The lowest BCUT2D eigenvalue weighted by molar-refractivity contribution is 0.189. The summed E-state index contributed by atoms with van der Waals surface area (Å²) in [6.45, 7) is 3.92. The third-order valence-electron chi connectivity index (χ3n) is 2.38. The maximum Gasteiger partial charge on any atom is 0.0462 e. The van der Waals surface area contributed by atoms with E-state index >= 15 is 0 Å². The number of hydrogen-bond donors (Lipinski definition) is 1. The van der Waals surface area contributed by atoms with Crippen molar-refractivity contribution in [2.24, 2.45) is 0 Å². The van der Waals surface area contributed by atoms with Crippen molar-refractivity contribution in [3.05, 3.63) is 30.1 Å². The average molecular weight is 208 g/mol. The summed E-state index contributed by atoms with van der Waals surface area (Å²) >= 11 is 0. The second kappa shape index (κ2) is 7.37. The number of aromatic nitrogens is 1. The van der Waals surface area contributed by atoms with E-state index in [4.69, 9.17) is 4.74 Å². The molecule has 1 unspecified atom stereocenters. The summed E-state index contributed by atoms with van der Waals surface area (Å²) < 4.78 is 5.06. The monoisotopic (exact) mass is 208 g/mol. The van der Waals surface area contributed by atoms with Crippen LogP contribution in [0.2, 0.25) is 0 Å². The second-order valence-corrected chi connectivity index (χ2v) is 3.53. The van der Waals surface area contributed by atoms with Crippen LogP contribution in [-0.2, 0) is 4.74 Å². The average Bonchev–Trinajstić information content (AvgIpc) is 2.29. The number of hydrogen-bond acceptors (Lipinski definition) is 3. The molecule has 0 amide bonds. The van der Waals surface area contributed by atoms with Gasteiger partial charge in [-0.3, -0.25) is 4.98 Å². The molecule has 1 heterocycles. The maximum absolute atomic E-state index is 5.06. The van der Waals surface area contributed by atoms with E-state index in [1.54, 1.807) is 7.11 Å². The molecule has 1 atom stereocenters. The van der Waals surface area contributed by atoms with Crippen LogP contribution >= 0.6 is 0 Å². The van der Waals surface area contributed by atoms with E-state index in [0.29, 0.717) is 6.04 Å². The first kappa shape index (κ1) is 12.1. The van der Waals surface area contributed by atoms with Crippen LogP contribution in [0.4, 0.5) is 0 Å². The van der Waals surface area contributed by atoms with Gasteiger partial charge in [0.05, 0.1) is 0 Å². The van der Waals surface area contributed by atoms with Gasteiger partial charge in [-0.25, -0.2) is 0 Å². The van der Waals surface area contributed by atoms with Crippen LogP contribution in [0.5, 0.6) is 0 Å². The van der Waals surface area contributed by atoms with Gasteiger partial charge in [0.25, 0.3) is 0 Å². The summed E-state index contributed by atoms with van der Waals surface area (Å²) in [6, 6.07) is 4.50. The Bertz CT molecular complexity index is 251. The summed E-state index contributed by atoms with van der Waals surface area (Å²) in [7, 11) is 1.74. The van der Waals surface area contributed by atoms with E-state index in [9.17, 15) is 0 Å². The molecule has 1 aromatic rings. The van der Waals surface area contributed by atoms with Crippen molar-refractivity contribution < 1.29 is 4.74 Å². The Labute approximate surface area is 91.9 Å². The van der Waals surface area contributed by atoms with Crippen LogP contribution in [0.15, 0.2) is 24.5 Å². The van der Waals surface area contributed by atoms with Crippen LogP contribution < -0.4 is 5.32 Å². The predicted molar refractivity (Wildman–Crippen MR) is 61.8 cm³/mol. The molecule has 0 aromatic carbocycles. The van der Waals surface area contributed by atoms with Gasteiger partial charge in [-0.15, -0.1) is 0 Å². The molecule has 0 saturated heterocycles. The smallest absolute Gasteiger partial charge is 0.0462 e. The standard InChI is InChI=1S/C12H20N2O/c1-3-14-12(7-5-9-15-2)11-6-4-8-13-10-11/h4,6,8,10,12,14H,3,5,7,9H2,1-2H3. The Kier molecular flexibility index (Phi) is 5.97. The molecule has 0 saturated carbocycles. The Morgan fingerprint density at radius 1 is 1.53 bits per heavy atom. The molecule has 0 aliphatic heterocycles. The Hall–Kier alpha value is -0.930. The fourth-order valence-corrected chi connectivity index (χ4v) is 1.65. The Balaban J connectivity index is 2.50. The summed E-state index contributed by atoms with van der Waals surface area (Å²) in [5.41, 5.74) is 1.26. The van der Waals surface area contributed by atoms with Crippen LogP contribution in [0.25, 0.3) is 0 Å². The normalized spacial score (nSPS) is 12.7. The van der Waals surface area contributed by atoms with Crippen LogP contribution in [-0.4, -0.2) is 25.2 Å². The van der Waals surface area contributed by atoms with Crippen LogP contribution in [0.1, 0.15) is 31.4 Å². The van der Waals surface area contributed by atoms with Gasteiger partial charge in [-0.05, 0) is 31.0 Å². The van der Waals surface area contributed by atoms with Crippen molar-refractivity contribution >= 4 is 0 Å². The van der Waals surface area contributed by atoms with Gasteiger partial charge in [0.1, 0.15) is 0 Å². The largest absolute Gasteiger partial charge is 0.385 e. The quantitative estimate of drug-likeness (QED) is 0.697. The lowest BCUT2D eigenvalue weighted by Gasteiger charge is -2.17. The highest BCUT2D eigenvalue weighted by Gasteiger charge is 2.09. The first-order valence-electron chi connectivity index (χ1n) is 5.50. The molecule has 0 radical (unpaired) electrons. The molecule has 84 valence electrons. The van der Waals surface area contributed by atoms with Crippen molar-refractivity contribution in [3.8, 4) is 0 Å². The SMILES string of the molecule is CCNC(CCCOC)c1cccnc1. The van der Waals surface area contributed by atoms with Crippen molar-refractivity contribution in [2.45, 2.75) is 25.8 Å². The number of pyridine rings is 1. The molecule has 0 aliphatic carbocycles. The van der Waals surface area contributed by atoms with E-state index in [1.165, 1.54) is 5.56 Å². The van der Waals surface area contributed by atoms with Crippen LogP contribution in [0, 0.1) is 0 Å². The molecule has 15 heavy (non-hydrogen) atoms. The number of ether oxygens (including phenoxy) is 1. The predicted octanol–water partition coefficient (Wildman–Crippen LogP) is 2.16. The highest BCUT2D eigenvalue weighted by atomic mass is 16.5. The molecule has 0 aliphatic rings. The molecule has 1 rings (SSSR count). The number of rotatable bonds is 7. The third kappa shape index (κ3) is 4.40. The zero-order valence-electron chi connectivity index (χ0n) is 9.57. The number of nitrogens with one attached hydrogen (secondary N) is 1. The third-order valence-corrected chi connectivity index (χ3v) is 2.38. The lowest BCUT2D eigenvalue weighted by atomic mass is 10.0. The zero-order chi connectivity index (χ0) is 10.9. The van der Waals surface area contributed by atoms with Gasteiger partial charge in [0, 0.05) is 32.2 Å². The van der Waals surface area contributed by atoms with Gasteiger partial charge < -0.3 is 10.1 Å². The molecule has 3 heteroatoms. The van der Waals surface area contributed by atoms with Gasteiger partial charge in [-0.2, -0.15) is 0 Å². The van der Waals surface area contributed by atoms with Gasteiger partial charge in [0.2, 0.25) is 0 Å². The zero-order valence-corrected chi connectivity index (χ0v) is 9.57. The second-order valence-electron chi connectivity index (χ2n) is 3.53. The van der Waals surface area contributed by atoms with E-state index in [1.807, 2.05) is 18.5 Å². The van der Waals surface area contributed by atoms with Crippen LogP contribution in [0.3, 0.4) is 0 Å². The molecular formula is C12H20N2O. The summed E-state index contributed by atoms with van der Waals surface area (Å²) in [6.07, 6.45) is 5.90. The highest BCUT2D eigenvalue weighted by molar-refractivity contribution is 5.13. The molecule has 3 nitrogen and oxygen atoms in total. The first-order valence-corrected chi connectivity index (χ1v) is 5.50. The molecule has 0 spiro atoms. The van der Waals surface area contributed by atoms with E-state index in [-0.39, 0.29) is 0 Å². The first-order chi connectivity index (χ1) is 7.38. The summed E-state index contributed by atoms with van der Waals surface area (Å²) in [5.74, 6) is 0. The molecule has 0 fully saturated rings. The van der Waals surface area contributed by atoms with E-state index in [0.717, 1.165) is 26.0 Å². The van der Waals surface area contributed by atoms with Gasteiger partial charge >= 0.3 is 0 Å². The number of methoxy groups -OCH3 is 1. The van der Waals surface area contributed by atoms with Crippen molar-refractivity contribution in [1.29, 1.82) is 0 Å². The topological polar surface area (TPSA) is 34.1 Å². The Morgan fingerprint density at radius 3 is 3.00 bits per heavy atom. The van der Waals surface area contributed by atoms with Crippen molar-refractivity contribution in [2.75, 3.05) is 20.3 Å².